The van der Waals surface area contributed by atoms with Crippen LogP contribution in [-0.2, 0) is 4.74 Å². The minimum atomic E-state index is -0.390. The second-order valence-electron chi connectivity index (χ2n) is 5.94. The molecule has 2 fully saturated rings. The Morgan fingerprint density at radius 3 is 3.00 bits per heavy atom. The molecule has 0 radical (unpaired) electrons. The van der Waals surface area contributed by atoms with Crippen molar-refractivity contribution >= 4 is 11.5 Å². The summed E-state index contributed by atoms with van der Waals surface area (Å²) in [5, 5.41) is 14.3. The van der Waals surface area contributed by atoms with Gasteiger partial charge in [-0.05, 0) is 38.4 Å². The molecule has 3 heterocycles. The van der Waals surface area contributed by atoms with Gasteiger partial charge in [-0.2, -0.15) is 0 Å². The molecule has 1 aromatic heterocycles. The normalized spacial score (nSPS) is 23.5. The number of ether oxygens (including phenoxy) is 1. The first kappa shape index (κ1) is 15.2. The molecular weight excluding hydrogens is 284 g/mol. The highest BCUT2D eigenvalue weighted by molar-refractivity contribution is 5.55. The van der Waals surface area contributed by atoms with Crippen LogP contribution in [-0.4, -0.2) is 53.7 Å². The van der Waals surface area contributed by atoms with Gasteiger partial charge >= 0.3 is 5.69 Å². The topological polar surface area (TPSA) is 80.5 Å². The smallest absolute Gasteiger partial charge is 0.311 e. The van der Waals surface area contributed by atoms with Crippen LogP contribution < -0.4 is 5.32 Å². The van der Waals surface area contributed by atoms with Gasteiger partial charge in [-0.3, -0.25) is 15.0 Å². The second kappa shape index (κ2) is 7.02. The molecule has 1 aromatic rings. The summed E-state index contributed by atoms with van der Waals surface area (Å²) in [4.78, 5) is 17.3. The lowest BCUT2D eigenvalue weighted by Gasteiger charge is -2.32. The minimum absolute atomic E-state index is 0.0327. The zero-order valence-corrected chi connectivity index (χ0v) is 12.6. The molecule has 2 atom stereocenters. The van der Waals surface area contributed by atoms with Gasteiger partial charge in [-0.15, -0.1) is 0 Å². The van der Waals surface area contributed by atoms with Crippen LogP contribution in [0.5, 0.6) is 0 Å². The third-order valence-electron chi connectivity index (χ3n) is 4.58. The first-order valence-corrected chi connectivity index (χ1v) is 7.91. The molecule has 0 bridgehead atoms. The number of anilines is 1. The molecule has 0 aromatic carbocycles. The predicted molar refractivity (Wildman–Crippen MR) is 82.9 cm³/mol. The highest BCUT2D eigenvalue weighted by Crippen LogP contribution is 2.26. The number of nitrogens with one attached hydrogen (secondary N) is 1. The number of likely N-dealkylation sites (tertiary alicyclic amines) is 1. The predicted octanol–water partition coefficient (Wildman–Crippen LogP) is 1.90. The number of nitrogens with zero attached hydrogens (tertiary/aromatic N) is 3. The zero-order chi connectivity index (χ0) is 15.4. The van der Waals surface area contributed by atoms with Crippen molar-refractivity contribution in [2.24, 2.45) is 5.92 Å². The van der Waals surface area contributed by atoms with Crippen LogP contribution in [0.1, 0.15) is 19.3 Å². The maximum atomic E-state index is 11.1. The van der Waals surface area contributed by atoms with Gasteiger partial charge in [-0.1, -0.05) is 0 Å². The lowest BCUT2D eigenvalue weighted by molar-refractivity contribution is -0.384. The summed E-state index contributed by atoms with van der Waals surface area (Å²) in [5.41, 5.74) is 0.0327. The molecule has 2 aliphatic rings. The highest BCUT2D eigenvalue weighted by Gasteiger charge is 2.32. The lowest BCUT2D eigenvalue weighted by Crippen LogP contribution is -2.44. The number of hydrogen-bond acceptors (Lipinski definition) is 6. The number of pyridine rings is 1. The van der Waals surface area contributed by atoms with E-state index in [9.17, 15) is 10.1 Å². The monoisotopic (exact) mass is 306 g/mol. The van der Waals surface area contributed by atoms with Crippen molar-refractivity contribution in [1.82, 2.24) is 9.88 Å². The minimum Gasteiger partial charge on any atom is -0.381 e. The molecule has 0 aliphatic carbocycles. The maximum absolute atomic E-state index is 11.1. The summed E-state index contributed by atoms with van der Waals surface area (Å²) >= 11 is 0. The van der Waals surface area contributed by atoms with Gasteiger partial charge in [0.2, 0.25) is 5.82 Å². The molecular formula is C15H22N4O3. The Hall–Kier alpha value is -1.73. The fourth-order valence-electron chi connectivity index (χ4n) is 3.40. The summed E-state index contributed by atoms with van der Waals surface area (Å²) in [6.45, 7) is 4.48. The van der Waals surface area contributed by atoms with E-state index in [4.69, 9.17) is 4.74 Å². The number of hydrogen-bond donors (Lipinski definition) is 1. The fourth-order valence-corrected chi connectivity index (χ4v) is 3.40. The molecule has 2 saturated heterocycles. The fraction of sp³-hybridized carbons (Fsp3) is 0.667. The maximum Gasteiger partial charge on any atom is 0.311 e. The van der Waals surface area contributed by atoms with E-state index < -0.39 is 4.92 Å². The molecule has 0 unspecified atom stereocenters. The molecule has 0 saturated carbocycles. The Morgan fingerprint density at radius 1 is 1.50 bits per heavy atom. The molecule has 3 rings (SSSR count). The van der Waals surface area contributed by atoms with Crippen LogP contribution in [0.3, 0.4) is 0 Å². The van der Waals surface area contributed by atoms with Gasteiger partial charge in [0.15, 0.2) is 0 Å². The van der Waals surface area contributed by atoms with E-state index in [0.29, 0.717) is 24.3 Å². The second-order valence-corrected chi connectivity index (χ2v) is 5.94. The van der Waals surface area contributed by atoms with Crippen molar-refractivity contribution in [2.45, 2.75) is 25.3 Å². The van der Waals surface area contributed by atoms with E-state index in [2.05, 4.69) is 15.2 Å². The Morgan fingerprint density at radius 2 is 2.32 bits per heavy atom. The Balaban J connectivity index is 1.69. The molecule has 2 aliphatic heterocycles. The summed E-state index contributed by atoms with van der Waals surface area (Å²) in [6, 6.07) is 3.43. The Kier molecular flexibility index (Phi) is 4.84. The standard InChI is InChI=1S/C15H22N4O3/c20-19(21)13-4-3-6-16-15(13)17-10-14(12-5-9-22-11-12)18-7-1-2-8-18/h3-4,6,12,14H,1-2,5,7-11H2,(H,16,17)/t12-,14-/m0/s1. The molecule has 7 nitrogen and oxygen atoms in total. The SMILES string of the molecule is O=[N+]([O-])c1cccnc1NC[C@@H]([C@H]1CCOC1)N1CCCC1. The van der Waals surface area contributed by atoms with Crippen molar-refractivity contribution in [1.29, 1.82) is 0 Å². The quantitative estimate of drug-likeness (QED) is 0.638. The number of aromatic nitrogens is 1. The molecule has 120 valence electrons. The summed E-state index contributed by atoms with van der Waals surface area (Å²) in [5.74, 6) is 0.851. The molecule has 22 heavy (non-hydrogen) atoms. The largest absolute Gasteiger partial charge is 0.381 e. The first-order valence-electron chi connectivity index (χ1n) is 7.91. The zero-order valence-electron chi connectivity index (χ0n) is 12.6. The van der Waals surface area contributed by atoms with Crippen LogP contribution in [0.4, 0.5) is 11.5 Å². The van der Waals surface area contributed by atoms with Gasteiger partial charge in [0.25, 0.3) is 0 Å². The van der Waals surface area contributed by atoms with Gasteiger partial charge in [0.1, 0.15) is 0 Å². The summed E-state index contributed by atoms with van der Waals surface area (Å²) in [6.07, 6.45) is 5.10. The summed E-state index contributed by atoms with van der Waals surface area (Å²) < 4.78 is 5.53. The van der Waals surface area contributed by atoms with E-state index in [1.807, 2.05) is 0 Å². The van der Waals surface area contributed by atoms with Crippen molar-refractivity contribution in [3.8, 4) is 0 Å². The van der Waals surface area contributed by atoms with Crippen LogP contribution >= 0.6 is 0 Å². The third-order valence-corrected chi connectivity index (χ3v) is 4.58. The van der Waals surface area contributed by atoms with Crippen LogP contribution in [0.15, 0.2) is 18.3 Å². The van der Waals surface area contributed by atoms with E-state index in [0.717, 1.165) is 32.7 Å². The molecule has 1 N–H and O–H groups in total. The van der Waals surface area contributed by atoms with Gasteiger partial charge in [0, 0.05) is 37.4 Å². The average Bonchev–Trinajstić information content (AvgIpc) is 3.21. The van der Waals surface area contributed by atoms with Gasteiger partial charge in [-0.25, -0.2) is 4.98 Å². The van der Waals surface area contributed by atoms with Crippen LogP contribution in [0.2, 0.25) is 0 Å². The van der Waals surface area contributed by atoms with Crippen molar-refractivity contribution in [3.05, 3.63) is 28.4 Å². The summed E-state index contributed by atoms with van der Waals surface area (Å²) in [7, 11) is 0. The van der Waals surface area contributed by atoms with Crippen molar-refractivity contribution < 1.29 is 9.66 Å². The Bertz CT molecular complexity index is 497. The van der Waals surface area contributed by atoms with Crippen molar-refractivity contribution in [2.75, 3.05) is 38.2 Å². The van der Waals surface area contributed by atoms with E-state index in [1.165, 1.54) is 18.9 Å². The third kappa shape index (κ3) is 3.36. The number of rotatable bonds is 6. The molecule has 0 spiro atoms. The lowest BCUT2D eigenvalue weighted by atomic mass is 9.97. The van der Waals surface area contributed by atoms with E-state index in [-0.39, 0.29) is 5.69 Å². The average molecular weight is 306 g/mol. The number of nitro groups is 1. The van der Waals surface area contributed by atoms with Gasteiger partial charge < -0.3 is 10.1 Å². The van der Waals surface area contributed by atoms with E-state index in [1.54, 1.807) is 12.3 Å². The molecule has 0 amide bonds. The molecule has 7 heteroatoms. The highest BCUT2D eigenvalue weighted by atomic mass is 16.6. The Labute approximate surface area is 129 Å². The van der Waals surface area contributed by atoms with Crippen molar-refractivity contribution in [3.63, 3.8) is 0 Å². The van der Waals surface area contributed by atoms with Crippen LogP contribution in [0, 0.1) is 16.0 Å². The van der Waals surface area contributed by atoms with Crippen LogP contribution in [0.25, 0.3) is 0 Å². The first-order chi connectivity index (χ1) is 10.8. The van der Waals surface area contributed by atoms with Gasteiger partial charge in [0.05, 0.1) is 11.5 Å². The van der Waals surface area contributed by atoms with E-state index >= 15 is 0 Å².